The fourth-order valence-electron chi connectivity index (χ4n) is 2.84. The van der Waals surface area contributed by atoms with Crippen LogP contribution in [0.5, 0.6) is 5.75 Å². The quantitative estimate of drug-likeness (QED) is 0.525. The third kappa shape index (κ3) is 1.91. The maximum Gasteiger partial charge on any atom is 0.118 e. The van der Waals surface area contributed by atoms with E-state index >= 15 is 0 Å². The van der Waals surface area contributed by atoms with E-state index < -0.39 is 0 Å². The van der Waals surface area contributed by atoms with E-state index in [-0.39, 0.29) is 0 Å². The summed E-state index contributed by atoms with van der Waals surface area (Å²) in [6.07, 6.45) is 3.62. The van der Waals surface area contributed by atoms with Crippen molar-refractivity contribution < 1.29 is 5.11 Å². The van der Waals surface area contributed by atoms with Crippen LogP contribution in [0, 0.1) is 6.92 Å². The van der Waals surface area contributed by atoms with Crippen LogP contribution < -0.4 is 0 Å². The van der Waals surface area contributed by atoms with Crippen molar-refractivity contribution in [3.8, 4) is 16.9 Å². The molecule has 0 spiro atoms. The third-order valence-corrected chi connectivity index (χ3v) is 4.00. The van der Waals surface area contributed by atoms with Crippen molar-refractivity contribution in [1.29, 1.82) is 0 Å². The van der Waals surface area contributed by atoms with E-state index in [2.05, 4.69) is 16.0 Å². The molecule has 3 heteroatoms. The number of aromatic hydroxyl groups is 1. The second-order valence-corrected chi connectivity index (χ2v) is 5.39. The van der Waals surface area contributed by atoms with E-state index in [1.807, 2.05) is 49.5 Å². The van der Waals surface area contributed by atoms with E-state index in [1.165, 1.54) is 0 Å². The molecule has 2 aromatic heterocycles. The van der Waals surface area contributed by atoms with Crippen molar-refractivity contribution in [2.24, 2.45) is 0 Å². The monoisotopic (exact) mass is 286 g/mol. The number of aromatic nitrogens is 2. The minimum absolute atomic E-state index is 0.316. The topological polar surface area (TPSA) is 46.0 Å². The molecule has 0 aliphatic rings. The maximum absolute atomic E-state index is 9.72. The third-order valence-electron chi connectivity index (χ3n) is 4.00. The van der Waals surface area contributed by atoms with Crippen molar-refractivity contribution in [1.82, 2.24) is 9.97 Å². The van der Waals surface area contributed by atoms with E-state index in [9.17, 15) is 5.11 Å². The summed E-state index contributed by atoms with van der Waals surface area (Å²) in [4.78, 5) is 8.93. The molecule has 0 amide bonds. The zero-order chi connectivity index (χ0) is 15.1. The minimum atomic E-state index is 0.316. The Morgan fingerprint density at radius 1 is 0.864 bits per heavy atom. The molecule has 0 aliphatic heterocycles. The lowest BCUT2D eigenvalue weighted by atomic mass is 9.98. The summed E-state index contributed by atoms with van der Waals surface area (Å²) in [5.41, 5.74) is 4.95. The van der Waals surface area contributed by atoms with Gasteiger partial charge in [0.1, 0.15) is 5.75 Å². The minimum Gasteiger partial charge on any atom is -0.508 e. The lowest BCUT2D eigenvalue weighted by Crippen LogP contribution is -1.88. The van der Waals surface area contributed by atoms with Crippen molar-refractivity contribution in [3.63, 3.8) is 0 Å². The van der Waals surface area contributed by atoms with Crippen molar-refractivity contribution >= 4 is 21.8 Å². The summed E-state index contributed by atoms with van der Waals surface area (Å²) in [5, 5.41) is 11.9. The first-order valence-corrected chi connectivity index (χ1v) is 7.16. The van der Waals surface area contributed by atoms with Gasteiger partial charge >= 0.3 is 0 Å². The molecule has 0 saturated carbocycles. The standard InChI is InChI=1S/C19H14N2O/c1-12-11-13(4-7-18(12)22)14-8-10-21-19-15(14)5-6-17-16(19)3-2-9-20-17/h2-11,22H,1H3. The van der Waals surface area contributed by atoms with Crippen LogP contribution in [0.1, 0.15) is 5.56 Å². The van der Waals surface area contributed by atoms with E-state index in [4.69, 9.17) is 0 Å². The van der Waals surface area contributed by atoms with Gasteiger partial charge in [0, 0.05) is 23.2 Å². The summed E-state index contributed by atoms with van der Waals surface area (Å²) in [6, 6.07) is 15.7. The number of nitrogens with zero attached hydrogens (tertiary/aromatic N) is 2. The fourth-order valence-corrected chi connectivity index (χ4v) is 2.84. The predicted octanol–water partition coefficient (Wildman–Crippen LogP) is 4.46. The van der Waals surface area contributed by atoms with Gasteiger partial charge in [0.05, 0.1) is 11.0 Å². The van der Waals surface area contributed by atoms with Gasteiger partial charge in [-0.15, -0.1) is 0 Å². The average molecular weight is 286 g/mol. The van der Waals surface area contributed by atoms with Crippen LogP contribution >= 0.6 is 0 Å². The highest BCUT2D eigenvalue weighted by atomic mass is 16.3. The molecular formula is C19H14N2O. The highest BCUT2D eigenvalue weighted by molar-refractivity contribution is 6.08. The molecule has 1 N–H and O–H groups in total. The van der Waals surface area contributed by atoms with E-state index in [0.29, 0.717) is 5.75 Å². The van der Waals surface area contributed by atoms with Gasteiger partial charge in [0.15, 0.2) is 0 Å². The molecule has 0 atom stereocenters. The molecule has 2 aromatic carbocycles. The summed E-state index contributed by atoms with van der Waals surface area (Å²) >= 11 is 0. The molecular weight excluding hydrogens is 272 g/mol. The van der Waals surface area contributed by atoms with Gasteiger partial charge < -0.3 is 5.11 Å². The number of phenolic OH excluding ortho intramolecular Hbond substituents is 1. The molecule has 0 fully saturated rings. The molecule has 0 saturated heterocycles. The predicted molar refractivity (Wildman–Crippen MR) is 88.9 cm³/mol. The fraction of sp³-hybridized carbons (Fsp3) is 0.0526. The van der Waals surface area contributed by atoms with Gasteiger partial charge in [0.2, 0.25) is 0 Å². The van der Waals surface area contributed by atoms with Crippen LogP contribution in [-0.4, -0.2) is 15.1 Å². The lowest BCUT2D eigenvalue weighted by molar-refractivity contribution is 0.471. The molecule has 0 radical (unpaired) electrons. The zero-order valence-electron chi connectivity index (χ0n) is 12.1. The largest absolute Gasteiger partial charge is 0.508 e. The second kappa shape index (κ2) is 4.81. The molecule has 0 aliphatic carbocycles. The number of phenols is 1. The van der Waals surface area contributed by atoms with Gasteiger partial charge in [-0.1, -0.05) is 6.07 Å². The number of hydrogen-bond donors (Lipinski definition) is 1. The normalized spacial score (nSPS) is 11.1. The van der Waals surface area contributed by atoms with Gasteiger partial charge in [-0.05, 0) is 66.1 Å². The highest BCUT2D eigenvalue weighted by Crippen LogP contribution is 2.32. The highest BCUT2D eigenvalue weighted by Gasteiger charge is 2.09. The first kappa shape index (κ1) is 12.8. The summed E-state index contributed by atoms with van der Waals surface area (Å²) in [7, 11) is 0. The Hall–Kier alpha value is -2.94. The van der Waals surface area contributed by atoms with Crippen LogP contribution in [-0.2, 0) is 0 Å². The van der Waals surface area contributed by atoms with Crippen LogP contribution in [0.3, 0.4) is 0 Å². The van der Waals surface area contributed by atoms with E-state index in [1.54, 1.807) is 12.3 Å². The van der Waals surface area contributed by atoms with Crippen LogP contribution in [0.2, 0.25) is 0 Å². The van der Waals surface area contributed by atoms with Crippen molar-refractivity contribution in [3.05, 3.63) is 66.5 Å². The Kier molecular flexibility index (Phi) is 2.79. The molecule has 0 bridgehead atoms. The maximum atomic E-state index is 9.72. The van der Waals surface area contributed by atoms with Gasteiger partial charge in [-0.3, -0.25) is 9.97 Å². The number of rotatable bonds is 1. The first-order chi connectivity index (χ1) is 10.7. The van der Waals surface area contributed by atoms with Crippen molar-refractivity contribution in [2.75, 3.05) is 0 Å². The molecule has 3 nitrogen and oxygen atoms in total. The summed E-state index contributed by atoms with van der Waals surface area (Å²) in [5.74, 6) is 0.316. The summed E-state index contributed by atoms with van der Waals surface area (Å²) in [6.45, 7) is 1.90. The van der Waals surface area contributed by atoms with Gasteiger partial charge in [-0.2, -0.15) is 0 Å². The van der Waals surface area contributed by atoms with Gasteiger partial charge in [0.25, 0.3) is 0 Å². The van der Waals surface area contributed by atoms with Crippen LogP contribution in [0.15, 0.2) is 60.9 Å². The smallest absolute Gasteiger partial charge is 0.118 e. The number of pyridine rings is 2. The molecule has 4 aromatic rings. The average Bonchev–Trinajstić information content (AvgIpc) is 2.56. The Bertz CT molecular complexity index is 1010. The van der Waals surface area contributed by atoms with E-state index in [0.717, 1.165) is 38.5 Å². The van der Waals surface area contributed by atoms with Gasteiger partial charge in [-0.25, -0.2) is 0 Å². The Morgan fingerprint density at radius 3 is 2.64 bits per heavy atom. The molecule has 2 heterocycles. The number of hydrogen-bond acceptors (Lipinski definition) is 3. The van der Waals surface area contributed by atoms with Crippen LogP contribution in [0.4, 0.5) is 0 Å². The second-order valence-electron chi connectivity index (χ2n) is 5.39. The molecule has 0 unspecified atom stereocenters. The molecule has 4 rings (SSSR count). The van der Waals surface area contributed by atoms with Crippen molar-refractivity contribution in [2.45, 2.75) is 6.92 Å². The first-order valence-electron chi connectivity index (χ1n) is 7.16. The SMILES string of the molecule is Cc1cc(-c2ccnc3c2ccc2ncccc23)ccc1O. The lowest BCUT2D eigenvalue weighted by Gasteiger charge is -2.09. The summed E-state index contributed by atoms with van der Waals surface area (Å²) < 4.78 is 0. The Morgan fingerprint density at radius 2 is 1.77 bits per heavy atom. The number of aryl methyl sites for hydroxylation is 1. The van der Waals surface area contributed by atoms with Crippen LogP contribution in [0.25, 0.3) is 32.9 Å². The Balaban J connectivity index is 2.06. The number of benzene rings is 2. The molecule has 22 heavy (non-hydrogen) atoms. The Labute approximate surface area is 127 Å². The zero-order valence-corrected chi connectivity index (χ0v) is 12.1. The number of fused-ring (bicyclic) bond motifs is 3. The molecule has 106 valence electrons.